The van der Waals surface area contributed by atoms with Gasteiger partial charge in [0, 0.05) is 35.4 Å². The molecule has 2 aromatic carbocycles. The molecule has 50 heavy (non-hydrogen) atoms. The lowest BCUT2D eigenvalue weighted by Crippen LogP contribution is -2.47. The van der Waals surface area contributed by atoms with Crippen molar-refractivity contribution in [3.8, 4) is 6.07 Å². The van der Waals surface area contributed by atoms with Crippen molar-refractivity contribution in [1.82, 2.24) is 19.7 Å². The Labute approximate surface area is 294 Å². The van der Waals surface area contributed by atoms with E-state index in [0.29, 0.717) is 12.1 Å². The fraction of sp³-hybridized carbons (Fsp3) is 0.444. The molecule has 1 aromatic heterocycles. The Bertz CT molecular complexity index is 1640. The number of benzene rings is 2. The lowest BCUT2D eigenvalue weighted by atomic mass is 9.89. The number of thioether (sulfide) groups is 1. The number of nitrogens with zero attached hydrogens (tertiary/aromatic N) is 5. The molecule has 1 unspecified atom stereocenters. The first-order chi connectivity index (χ1) is 24.1. The summed E-state index contributed by atoms with van der Waals surface area (Å²) in [6.45, 7) is 8.02. The van der Waals surface area contributed by atoms with Crippen LogP contribution in [0.1, 0.15) is 50.3 Å². The molecule has 0 spiro atoms. The average Bonchev–Trinajstić information content (AvgIpc) is 3.62. The van der Waals surface area contributed by atoms with E-state index in [2.05, 4.69) is 10.1 Å². The molecule has 3 aromatic rings. The summed E-state index contributed by atoms with van der Waals surface area (Å²) in [5.41, 5.74) is -1.14. The maximum Gasteiger partial charge on any atom is 0.306 e. The monoisotopic (exact) mass is 713 g/mol. The van der Waals surface area contributed by atoms with E-state index in [0.717, 1.165) is 25.2 Å². The summed E-state index contributed by atoms with van der Waals surface area (Å²) in [7, 11) is 0. The summed E-state index contributed by atoms with van der Waals surface area (Å²) in [4.78, 5) is 19.5. The van der Waals surface area contributed by atoms with Crippen molar-refractivity contribution < 1.29 is 37.3 Å². The SMILES string of the molecule is CCN(CC)CC(O)CCC(=O)O[C@@](Cn1cncn1)(c1ccc(F)cc1F)[C@@H](C)S[C@H]1CO[C@H](C=CC=Cc2ccc(C#N)cc2F)OC1. The first-order valence-corrected chi connectivity index (χ1v) is 17.3. The van der Waals surface area contributed by atoms with E-state index in [1.165, 1.54) is 53.4 Å². The number of carbonyl (C=O) groups is 1. The highest BCUT2D eigenvalue weighted by molar-refractivity contribution is 8.00. The van der Waals surface area contributed by atoms with Gasteiger partial charge in [0.2, 0.25) is 0 Å². The van der Waals surface area contributed by atoms with Crippen LogP contribution in [0.2, 0.25) is 0 Å². The predicted octanol–water partition coefficient (Wildman–Crippen LogP) is 5.62. The van der Waals surface area contributed by atoms with Gasteiger partial charge in [-0.25, -0.2) is 22.8 Å². The Hall–Kier alpha value is -4.00. The van der Waals surface area contributed by atoms with E-state index in [4.69, 9.17) is 19.5 Å². The number of aliphatic hydroxyl groups is 1. The van der Waals surface area contributed by atoms with Crippen LogP contribution < -0.4 is 0 Å². The number of esters is 1. The summed E-state index contributed by atoms with van der Waals surface area (Å²) in [6, 6.07) is 9.24. The number of aliphatic hydroxyl groups excluding tert-OH is 1. The fourth-order valence-electron chi connectivity index (χ4n) is 5.54. The summed E-state index contributed by atoms with van der Waals surface area (Å²) < 4.78 is 63.3. The maximum atomic E-state index is 15.6. The topological polar surface area (TPSA) is 123 Å². The average molecular weight is 714 g/mol. The van der Waals surface area contributed by atoms with Crippen LogP contribution in [0.15, 0.2) is 67.3 Å². The van der Waals surface area contributed by atoms with Crippen molar-refractivity contribution in [3.63, 3.8) is 0 Å². The quantitative estimate of drug-likeness (QED) is 0.139. The number of carbonyl (C=O) groups excluding carboxylic acids is 1. The smallest absolute Gasteiger partial charge is 0.306 e. The van der Waals surface area contributed by atoms with Crippen LogP contribution in [0.5, 0.6) is 0 Å². The molecule has 2 heterocycles. The number of halogens is 3. The highest BCUT2D eigenvalue weighted by atomic mass is 32.2. The molecule has 3 atom stereocenters. The standard InChI is InChI=1S/C36H42F3N5O5S/c1-4-43(5-2)19-29(45)13-15-34(46)49-36(22-44-24-41-23-42-44,31-14-12-28(37)17-33(31)39)25(3)50-30-20-47-35(48-21-30)9-7-6-8-27-11-10-26(18-40)16-32(27)38/h6-12,14,16-17,23-25,29-30,35,45H,4-5,13,15,19-22H2,1-3H3/t25-,29?,30-,35-,36-/m1/s1. The highest BCUT2D eigenvalue weighted by Crippen LogP contribution is 2.42. The van der Waals surface area contributed by atoms with Gasteiger partial charge in [-0.3, -0.25) is 4.79 Å². The molecule has 10 nitrogen and oxygen atoms in total. The van der Waals surface area contributed by atoms with E-state index < -0.39 is 46.7 Å². The van der Waals surface area contributed by atoms with Gasteiger partial charge in [-0.1, -0.05) is 38.1 Å². The third kappa shape index (κ3) is 10.7. The fourth-order valence-corrected chi connectivity index (χ4v) is 6.90. The molecule has 1 saturated heterocycles. The molecular weight excluding hydrogens is 671 g/mol. The van der Waals surface area contributed by atoms with Gasteiger partial charge in [0.25, 0.3) is 0 Å². The predicted molar refractivity (Wildman–Crippen MR) is 183 cm³/mol. The molecule has 1 N–H and O–H groups in total. The lowest BCUT2D eigenvalue weighted by Gasteiger charge is -2.40. The van der Waals surface area contributed by atoms with Crippen molar-refractivity contribution in [1.29, 1.82) is 5.26 Å². The van der Waals surface area contributed by atoms with E-state index >= 15 is 4.39 Å². The number of allylic oxidation sites excluding steroid dienone is 2. The number of nitriles is 1. The summed E-state index contributed by atoms with van der Waals surface area (Å²) >= 11 is 1.36. The van der Waals surface area contributed by atoms with Gasteiger partial charge in [-0.05, 0) is 56.8 Å². The highest BCUT2D eigenvalue weighted by Gasteiger charge is 2.46. The van der Waals surface area contributed by atoms with E-state index in [1.807, 2.05) is 24.8 Å². The lowest BCUT2D eigenvalue weighted by molar-refractivity contribution is -0.164. The number of likely N-dealkylation sites (N-methyl/N-ethyl adjacent to an activating group) is 1. The Morgan fingerprint density at radius 1 is 1.18 bits per heavy atom. The molecule has 0 radical (unpaired) electrons. The molecule has 0 bridgehead atoms. The van der Waals surface area contributed by atoms with Gasteiger partial charge in [-0.15, -0.1) is 11.8 Å². The van der Waals surface area contributed by atoms with E-state index in [-0.39, 0.29) is 49.0 Å². The zero-order valence-corrected chi connectivity index (χ0v) is 29.1. The van der Waals surface area contributed by atoms with Gasteiger partial charge >= 0.3 is 5.97 Å². The normalized spacial score (nSPS) is 19.0. The van der Waals surface area contributed by atoms with Crippen LogP contribution >= 0.6 is 11.8 Å². The minimum absolute atomic E-state index is 0.0321. The number of aromatic nitrogens is 3. The zero-order chi connectivity index (χ0) is 36.1. The van der Waals surface area contributed by atoms with Gasteiger partial charge in [0.15, 0.2) is 11.9 Å². The van der Waals surface area contributed by atoms with Crippen molar-refractivity contribution in [2.45, 2.75) is 68.7 Å². The third-order valence-electron chi connectivity index (χ3n) is 8.32. The van der Waals surface area contributed by atoms with Gasteiger partial charge < -0.3 is 24.2 Å². The molecular formula is C36H42F3N5O5S. The maximum absolute atomic E-state index is 15.6. The van der Waals surface area contributed by atoms with Crippen LogP contribution in [0, 0.1) is 28.8 Å². The van der Waals surface area contributed by atoms with Crippen molar-refractivity contribution in [2.24, 2.45) is 0 Å². The number of hydrogen-bond donors (Lipinski definition) is 1. The number of rotatable bonds is 17. The first kappa shape index (κ1) is 38.8. The Kier molecular flexibility index (Phi) is 14.6. The van der Waals surface area contributed by atoms with Crippen LogP contribution in [-0.2, 0) is 31.2 Å². The second-order valence-electron chi connectivity index (χ2n) is 11.8. The van der Waals surface area contributed by atoms with Gasteiger partial charge in [-0.2, -0.15) is 10.4 Å². The molecule has 4 rings (SSSR count). The molecule has 0 aliphatic carbocycles. The van der Waals surface area contributed by atoms with Crippen molar-refractivity contribution in [3.05, 3.63) is 101 Å². The molecule has 1 aliphatic rings. The summed E-state index contributed by atoms with van der Waals surface area (Å²) in [5.74, 6) is -2.83. The molecule has 0 amide bonds. The first-order valence-electron chi connectivity index (χ1n) is 16.4. The summed E-state index contributed by atoms with van der Waals surface area (Å²) in [6.07, 6.45) is 7.82. The summed E-state index contributed by atoms with van der Waals surface area (Å²) in [5, 5.41) is 22.8. The molecule has 1 aliphatic heterocycles. The van der Waals surface area contributed by atoms with Gasteiger partial charge in [0.1, 0.15) is 30.1 Å². The third-order valence-corrected chi connectivity index (χ3v) is 9.77. The van der Waals surface area contributed by atoms with Gasteiger partial charge in [0.05, 0.1) is 42.7 Å². The van der Waals surface area contributed by atoms with E-state index in [1.54, 1.807) is 31.2 Å². The number of ether oxygens (including phenoxy) is 3. The Morgan fingerprint density at radius 2 is 1.94 bits per heavy atom. The Balaban J connectivity index is 1.48. The van der Waals surface area contributed by atoms with E-state index in [9.17, 15) is 18.7 Å². The molecule has 1 fully saturated rings. The number of hydrogen-bond acceptors (Lipinski definition) is 10. The zero-order valence-electron chi connectivity index (χ0n) is 28.3. The van der Waals surface area contributed by atoms with Crippen LogP contribution in [0.3, 0.4) is 0 Å². The largest absolute Gasteiger partial charge is 0.451 e. The van der Waals surface area contributed by atoms with Crippen molar-refractivity contribution >= 4 is 23.8 Å². The minimum Gasteiger partial charge on any atom is -0.451 e. The van der Waals surface area contributed by atoms with Crippen molar-refractivity contribution in [2.75, 3.05) is 32.8 Å². The minimum atomic E-state index is -1.67. The molecule has 14 heteroatoms. The second-order valence-corrected chi connectivity index (χ2v) is 13.4. The second kappa shape index (κ2) is 18.8. The van der Waals surface area contributed by atoms with Crippen LogP contribution in [0.25, 0.3) is 6.08 Å². The molecule has 268 valence electrons. The van der Waals surface area contributed by atoms with Crippen LogP contribution in [-0.4, -0.2) is 86.5 Å². The van der Waals surface area contributed by atoms with Crippen LogP contribution in [0.4, 0.5) is 13.2 Å². The molecule has 0 saturated carbocycles. The Morgan fingerprint density at radius 3 is 2.58 bits per heavy atom.